The van der Waals surface area contributed by atoms with Crippen LogP contribution in [-0.2, 0) is 6.42 Å². The van der Waals surface area contributed by atoms with E-state index in [0.717, 1.165) is 38.2 Å². The lowest BCUT2D eigenvalue weighted by Crippen LogP contribution is -2.23. The van der Waals surface area contributed by atoms with Crippen molar-refractivity contribution in [2.75, 3.05) is 30.7 Å². The number of benzene rings is 2. The van der Waals surface area contributed by atoms with Gasteiger partial charge in [-0.25, -0.2) is 4.98 Å². The molecule has 0 amide bonds. The lowest BCUT2D eigenvalue weighted by atomic mass is 9.97. The van der Waals surface area contributed by atoms with Crippen LogP contribution >= 0.6 is 0 Å². The van der Waals surface area contributed by atoms with Crippen LogP contribution in [0, 0.1) is 0 Å². The van der Waals surface area contributed by atoms with E-state index in [-0.39, 0.29) is 0 Å². The Morgan fingerprint density at radius 2 is 1.67 bits per heavy atom. The summed E-state index contributed by atoms with van der Waals surface area (Å²) in [6.07, 6.45) is 5.12. The first-order chi connectivity index (χ1) is 14.7. The average molecular weight is 405 g/mol. The molecule has 4 nitrogen and oxygen atoms in total. The van der Waals surface area contributed by atoms with Crippen molar-refractivity contribution in [1.29, 1.82) is 0 Å². The number of aromatic nitrogens is 1. The van der Waals surface area contributed by atoms with Crippen molar-refractivity contribution in [3.8, 4) is 0 Å². The first kappa shape index (κ1) is 23.4. The van der Waals surface area contributed by atoms with Gasteiger partial charge >= 0.3 is 0 Å². The fraction of sp³-hybridized carbons (Fsp3) is 0.346. The maximum absolute atomic E-state index is 5.81. The Kier molecular flexibility index (Phi) is 11.1. The van der Waals surface area contributed by atoms with Gasteiger partial charge in [0.05, 0.1) is 5.69 Å². The summed E-state index contributed by atoms with van der Waals surface area (Å²) >= 11 is 0. The van der Waals surface area contributed by atoms with Gasteiger partial charge in [0.25, 0.3) is 0 Å². The number of pyridine rings is 1. The maximum atomic E-state index is 5.81. The topological polar surface area (TPSA) is 63.0 Å². The molecule has 0 radical (unpaired) electrons. The summed E-state index contributed by atoms with van der Waals surface area (Å²) in [5, 5.41) is 6.88. The van der Waals surface area contributed by atoms with Crippen LogP contribution in [0.25, 0.3) is 0 Å². The molecule has 1 atom stereocenters. The van der Waals surface area contributed by atoms with Crippen molar-refractivity contribution in [3.63, 3.8) is 0 Å². The molecule has 160 valence electrons. The highest BCUT2D eigenvalue weighted by Crippen LogP contribution is 2.17. The van der Waals surface area contributed by atoms with Crippen molar-refractivity contribution in [3.05, 3.63) is 90.1 Å². The number of hydrogen-bond acceptors (Lipinski definition) is 4. The Balaban J connectivity index is 0.000000456. The zero-order valence-electron chi connectivity index (χ0n) is 18.4. The first-order valence-corrected chi connectivity index (χ1v) is 10.9. The van der Waals surface area contributed by atoms with Crippen LogP contribution in [-0.4, -0.2) is 24.6 Å². The van der Waals surface area contributed by atoms with Crippen molar-refractivity contribution in [1.82, 2.24) is 10.3 Å². The third-order valence-electron chi connectivity index (χ3n) is 4.86. The highest BCUT2D eigenvalue weighted by atomic mass is 15.0. The summed E-state index contributed by atoms with van der Waals surface area (Å²) in [6.45, 7) is 7.40. The molecule has 3 rings (SSSR count). The Labute approximate surface area is 181 Å². The second-order valence-corrected chi connectivity index (χ2v) is 7.47. The fourth-order valence-electron chi connectivity index (χ4n) is 3.17. The number of hydrogen-bond donors (Lipinski definition) is 3. The van der Waals surface area contributed by atoms with Gasteiger partial charge in [-0.1, -0.05) is 80.9 Å². The van der Waals surface area contributed by atoms with Crippen molar-refractivity contribution < 1.29 is 0 Å². The lowest BCUT2D eigenvalue weighted by molar-refractivity contribution is 0.603. The van der Waals surface area contributed by atoms with Gasteiger partial charge in [-0.15, -0.1) is 0 Å². The van der Waals surface area contributed by atoms with E-state index in [1.807, 2.05) is 48.5 Å². The molecular weight excluding hydrogens is 368 g/mol. The molecule has 0 saturated heterocycles. The minimum Gasteiger partial charge on any atom is -0.382 e. The third-order valence-corrected chi connectivity index (χ3v) is 4.86. The van der Waals surface area contributed by atoms with Gasteiger partial charge in [0.1, 0.15) is 5.82 Å². The zero-order valence-corrected chi connectivity index (χ0v) is 18.4. The number of anilines is 2. The average Bonchev–Trinajstić information content (AvgIpc) is 2.79. The first-order valence-electron chi connectivity index (χ1n) is 10.9. The summed E-state index contributed by atoms with van der Waals surface area (Å²) in [4.78, 5) is 4.07. The molecule has 4 N–H and O–H groups in total. The second-order valence-electron chi connectivity index (χ2n) is 7.47. The minimum absolute atomic E-state index is 0.531. The summed E-state index contributed by atoms with van der Waals surface area (Å²) in [6, 6.07) is 24.8. The summed E-state index contributed by atoms with van der Waals surface area (Å²) in [5.74, 6) is 1.09. The largest absolute Gasteiger partial charge is 0.382 e. The van der Waals surface area contributed by atoms with E-state index in [1.54, 1.807) is 6.20 Å². The molecule has 0 aliphatic rings. The third kappa shape index (κ3) is 9.10. The van der Waals surface area contributed by atoms with Crippen LogP contribution in [0.4, 0.5) is 11.5 Å². The molecule has 0 bridgehead atoms. The van der Waals surface area contributed by atoms with Crippen LogP contribution in [0.1, 0.15) is 43.7 Å². The van der Waals surface area contributed by atoms with Crippen LogP contribution in [0.2, 0.25) is 0 Å². The van der Waals surface area contributed by atoms with Crippen molar-refractivity contribution in [2.45, 2.75) is 39.0 Å². The van der Waals surface area contributed by atoms with E-state index in [4.69, 9.17) is 5.73 Å². The van der Waals surface area contributed by atoms with Crippen molar-refractivity contribution in [2.24, 2.45) is 0 Å². The molecule has 0 aliphatic heterocycles. The number of aryl methyl sites for hydroxylation is 1. The van der Waals surface area contributed by atoms with Crippen LogP contribution in [0.15, 0.2) is 79.0 Å². The Morgan fingerprint density at radius 1 is 0.933 bits per heavy atom. The summed E-state index contributed by atoms with van der Waals surface area (Å²) in [5.41, 5.74) is 9.60. The summed E-state index contributed by atoms with van der Waals surface area (Å²) < 4.78 is 0. The quantitative estimate of drug-likeness (QED) is 0.391. The maximum Gasteiger partial charge on any atom is 0.146 e. The Hall–Kier alpha value is -2.85. The van der Waals surface area contributed by atoms with E-state index < -0.39 is 0 Å². The van der Waals surface area contributed by atoms with Gasteiger partial charge in [0, 0.05) is 19.3 Å². The molecular formula is C26H36N4. The van der Waals surface area contributed by atoms with E-state index in [2.05, 4.69) is 53.7 Å². The fourth-order valence-corrected chi connectivity index (χ4v) is 3.17. The molecule has 2 aromatic carbocycles. The molecule has 1 aromatic heterocycles. The molecule has 0 aliphatic carbocycles. The standard InChI is InChI=1S/C20H30N4.C6H6/c1-3-7-17-8-4-9-18(14-17)16(2)15-22-11-6-13-23-19-10-5-12-24-20(19)21;1-2-4-6-5-3-1/h4-5,8-10,12,14,16,22-23H,3,6-7,11,13,15H2,1-2H3,(H2,21,24);1-6H. The SMILES string of the molecule is CCCc1cccc(C(C)CNCCCNc2cccnc2N)c1.c1ccccc1. The predicted molar refractivity (Wildman–Crippen MR) is 130 cm³/mol. The van der Waals surface area contributed by atoms with Gasteiger partial charge < -0.3 is 16.4 Å². The monoisotopic (exact) mass is 404 g/mol. The lowest BCUT2D eigenvalue weighted by Gasteiger charge is -2.14. The molecule has 1 heterocycles. The van der Waals surface area contributed by atoms with Crippen molar-refractivity contribution >= 4 is 11.5 Å². The minimum atomic E-state index is 0.531. The van der Waals surface area contributed by atoms with Gasteiger partial charge in [-0.2, -0.15) is 0 Å². The van der Waals surface area contributed by atoms with Gasteiger partial charge in [-0.3, -0.25) is 0 Å². The molecule has 0 saturated carbocycles. The molecule has 4 heteroatoms. The summed E-state index contributed by atoms with van der Waals surface area (Å²) in [7, 11) is 0. The van der Waals surface area contributed by atoms with Gasteiger partial charge in [0.2, 0.25) is 0 Å². The van der Waals surface area contributed by atoms with Crippen LogP contribution in [0.3, 0.4) is 0 Å². The highest BCUT2D eigenvalue weighted by Gasteiger charge is 2.05. The van der Waals surface area contributed by atoms with E-state index in [9.17, 15) is 0 Å². The molecule has 3 aromatic rings. The molecule has 0 fully saturated rings. The molecule has 30 heavy (non-hydrogen) atoms. The Morgan fingerprint density at radius 3 is 2.33 bits per heavy atom. The van der Waals surface area contributed by atoms with Gasteiger partial charge in [0.15, 0.2) is 0 Å². The zero-order chi connectivity index (χ0) is 21.4. The number of rotatable bonds is 10. The molecule has 0 spiro atoms. The number of nitrogens with one attached hydrogen (secondary N) is 2. The normalized spacial score (nSPS) is 11.3. The second kappa shape index (κ2) is 14.2. The predicted octanol–water partition coefficient (Wildman–Crippen LogP) is 5.50. The van der Waals surface area contributed by atoms with Crippen LogP contribution in [0.5, 0.6) is 0 Å². The van der Waals surface area contributed by atoms with E-state index >= 15 is 0 Å². The highest BCUT2D eigenvalue weighted by molar-refractivity contribution is 5.60. The number of nitrogens with two attached hydrogens (primary N) is 1. The number of nitrogen functional groups attached to an aromatic ring is 1. The molecule has 1 unspecified atom stereocenters. The van der Waals surface area contributed by atoms with E-state index in [1.165, 1.54) is 17.5 Å². The Bertz CT molecular complexity index is 793. The smallest absolute Gasteiger partial charge is 0.146 e. The van der Waals surface area contributed by atoms with E-state index in [0.29, 0.717) is 11.7 Å². The van der Waals surface area contributed by atoms with Crippen LogP contribution < -0.4 is 16.4 Å². The number of nitrogens with zero attached hydrogens (tertiary/aromatic N) is 1. The van der Waals surface area contributed by atoms with Gasteiger partial charge in [-0.05, 0) is 48.6 Å².